The fraction of sp³-hybridized carbons (Fsp3) is 0.222. The molecule has 0 saturated carbocycles. The molecule has 0 aliphatic rings. The summed E-state index contributed by atoms with van der Waals surface area (Å²) in [6, 6.07) is 21.4. The first-order valence-electron chi connectivity index (χ1n) is 11.2. The van der Waals surface area contributed by atoms with Gasteiger partial charge in [-0.05, 0) is 49.2 Å². The minimum absolute atomic E-state index is 0.135. The van der Waals surface area contributed by atoms with Crippen molar-refractivity contribution in [1.29, 1.82) is 0 Å². The third-order valence-corrected chi connectivity index (χ3v) is 6.35. The third kappa shape index (κ3) is 4.86. The summed E-state index contributed by atoms with van der Waals surface area (Å²) in [6.45, 7) is 4.73. The van der Waals surface area contributed by atoms with Crippen molar-refractivity contribution in [2.24, 2.45) is 0 Å². The van der Waals surface area contributed by atoms with Crippen LogP contribution in [0.1, 0.15) is 48.1 Å². The molecule has 0 bridgehead atoms. The summed E-state index contributed by atoms with van der Waals surface area (Å²) in [5.41, 5.74) is 1.81. The third-order valence-electron chi connectivity index (χ3n) is 5.80. The van der Waals surface area contributed by atoms with Crippen LogP contribution in [0.5, 0.6) is 0 Å². The van der Waals surface area contributed by atoms with Crippen molar-refractivity contribution in [3.8, 4) is 0 Å². The zero-order valence-electron chi connectivity index (χ0n) is 19.0. The first kappa shape index (κ1) is 24.0. The van der Waals surface area contributed by atoms with Gasteiger partial charge in [-0.1, -0.05) is 72.6 Å². The maximum atomic E-state index is 13.6. The Morgan fingerprint density at radius 1 is 1.03 bits per heavy atom. The number of benzene rings is 3. The second kappa shape index (κ2) is 10.4. The Bertz CT molecular complexity index is 1390. The van der Waals surface area contributed by atoms with Crippen molar-refractivity contribution in [3.05, 3.63) is 110 Å². The number of halogens is 2. The van der Waals surface area contributed by atoms with E-state index >= 15 is 0 Å². The lowest BCUT2D eigenvalue weighted by Gasteiger charge is -2.30. The summed E-state index contributed by atoms with van der Waals surface area (Å²) in [7, 11) is 0. The van der Waals surface area contributed by atoms with Crippen molar-refractivity contribution in [1.82, 2.24) is 14.5 Å². The van der Waals surface area contributed by atoms with Crippen LogP contribution in [0.15, 0.2) is 77.6 Å². The number of carbonyl (C=O) groups excluding carboxylic acids is 1. The van der Waals surface area contributed by atoms with E-state index in [0.29, 0.717) is 45.4 Å². The highest BCUT2D eigenvalue weighted by atomic mass is 35.5. The molecule has 1 heterocycles. The number of hydrogen-bond donors (Lipinski definition) is 0. The highest BCUT2D eigenvalue weighted by Crippen LogP contribution is 2.27. The Labute approximate surface area is 208 Å². The molecule has 0 aliphatic carbocycles. The number of carbonyl (C=O) groups is 1. The van der Waals surface area contributed by atoms with Crippen LogP contribution in [0, 0.1) is 0 Å². The Morgan fingerprint density at radius 2 is 1.74 bits per heavy atom. The van der Waals surface area contributed by atoms with Gasteiger partial charge in [0.2, 0.25) is 0 Å². The maximum Gasteiger partial charge on any atom is 0.261 e. The predicted octanol–water partition coefficient (Wildman–Crippen LogP) is 6.37. The van der Waals surface area contributed by atoms with Gasteiger partial charge in [0.15, 0.2) is 0 Å². The predicted molar refractivity (Wildman–Crippen MR) is 138 cm³/mol. The molecule has 1 unspecified atom stereocenters. The molecule has 0 saturated heterocycles. The van der Waals surface area contributed by atoms with Crippen LogP contribution in [0.25, 0.3) is 10.9 Å². The van der Waals surface area contributed by atoms with Crippen LogP contribution in [0.2, 0.25) is 10.0 Å². The number of aromatic nitrogens is 2. The van der Waals surface area contributed by atoms with E-state index in [1.165, 1.54) is 0 Å². The monoisotopic (exact) mass is 493 g/mol. The van der Waals surface area contributed by atoms with Gasteiger partial charge >= 0.3 is 0 Å². The number of rotatable bonds is 7. The normalized spacial score (nSPS) is 12.0. The molecule has 0 spiro atoms. The fourth-order valence-corrected chi connectivity index (χ4v) is 4.58. The molecule has 1 amide bonds. The largest absolute Gasteiger partial charge is 0.329 e. The van der Waals surface area contributed by atoms with Crippen LogP contribution in [-0.4, -0.2) is 26.9 Å². The Kier molecular flexibility index (Phi) is 7.35. The molecule has 3 aromatic carbocycles. The lowest BCUT2D eigenvalue weighted by atomic mass is 10.1. The van der Waals surface area contributed by atoms with E-state index < -0.39 is 6.04 Å². The first-order chi connectivity index (χ1) is 16.4. The van der Waals surface area contributed by atoms with Gasteiger partial charge in [0.1, 0.15) is 5.82 Å². The summed E-state index contributed by atoms with van der Waals surface area (Å²) in [4.78, 5) is 33.7. The quantitative estimate of drug-likeness (QED) is 0.300. The summed E-state index contributed by atoms with van der Waals surface area (Å²) in [5, 5.41) is 1.30. The minimum Gasteiger partial charge on any atom is -0.329 e. The van der Waals surface area contributed by atoms with Crippen LogP contribution in [0.4, 0.5) is 0 Å². The van der Waals surface area contributed by atoms with Crippen molar-refractivity contribution < 1.29 is 4.79 Å². The van der Waals surface area contributed by atoms with Gasteiger partial charge in [-0.2, -0.15) is 0 Å². The zero-order valence-corrected chi connectivity index (χ0v) is 20.6. The lowest BCUT2D eigenvalue weighted by molar-refractivity contribution is 0.0679. The molecular formula is C27H25Cl2N3O2. The second-order valence-electron chi connectivity index (χ2n) is 8.16. The molecule has 34 heavy (non-hydrogen) atoms. The summed E-state index contributed by atoms with van der Waals surface area (Å²) in [5.74, 6) is 0.295. The van der Waals surface area contributed by atoms with E-state index in [2.05, 4.69) is 0 Å². The maximum absolute atomic E-state index is 13.6. The smallest absolute Gasteiger partial charge is 0.261 e. The van der Waals surface area contributed by atoms with Gasteiger partial charge in [0, 0.05) is 11.6 Å². The number of amides is 1. The summed E-state index contributed by atoms with van der Waals surface area (Å²) >= 11 is 12.4. The minimum atomic E-state index is -0.472. The van der Waals surface area contributed by atoms with Crippen LogP contribution >= 0.6 is 23.2 Å². The molecule has 0 aliphatic heterocycles. The molecule has 4 rings (SSSR count). The Hall–Kier alpha value is -3.15. The van der Waals surface area contributed by atoms with Gasteiger partial charge in [-0.25, -0.2) is 4.98 Å². The summed E-state index contributed by atoms with van der Waals surface area (Å²) in [6.07, 6.45) is 0.734. The molecule has 0 radical (unpaired) electrons. The van der Waals surface area contributed by atoms with E-state index in [4.69, 9.17) is 28.2 Å². The molecule has 174 valence electrons. The Morgan fingerprint density at radius 3 is 2.44 bits per heavy atom. The average Bonchev–Trinajstić information content (AvgIpc) is 2.84. The highest BCUT2D eigenvalue weighted by Gasteiger charge is 2.28. The molecule has 1 atom stereocenters. The average molecular weight is 494 g/mol. The van der Waals surface area contributed by atoms with Crippen molar-refractivity contribution in [3.63, 3.8) is 0 Å². The molecule has 4 aromatic rings. The van der Waals surface area contributed by atoms with Gasteiger partial charge in [-0.3, -0.25) is 14.2 Å². The standard InChI is InChI=1S/C27H25Cl2N3O2/c1-3-15-31(26(33)21-14-13-20(28)16-23(21)29)18(2)25-30-24-12-8-7-11-22(24)27(34)32(25)17-19-9-5-4-6-10-19/h4-14,16,18H,3,15,17H2,1-2H3. The molecule has 1 aromatic heterocycles. The topological polar surface area (TPSA) is 55.2 Å². The van der Waals surface area contributed by atoms with E-state index in [1.54, 1.807) is 33.7 Å². The number of fused-ring (bicyclic) bond motifs is 1. The van der Waals surface area contributed by atoms with Crippen LogP contribution in [-0.2, 0) is 6.54 Å². The zero-order chi connectivity index (χ0) is 24.2. The molecule has 7 heteroatoms. The van der Waals surface area contributed by atoms with E-state index in [1.807, 2.05) is 62.4 Å². The van der Waals surface area contributed by atoms with Crippen molar-refractivity contribution in [2.75, 3.05) is 6.54 Å². The SMILES string of the molecule is CCCN(C(=O)c1ccc(Cl)cc1Cl)C(C)c1nc2ccccc2c(=O)n1Cc1ccccc1. The van der Waals surface area contributed by atoms with E-state index in [9.17, 15) is 9.59 Å². The van der Waals surface area contributed by atoms with Gasteiger partial charge < -0.3 is 4.90 Å². The first-order valence-corrected chi connectivity index (χ1v) is 12.0. The van der Waals surface area contributed by atoms with Crippen LogP contribution < -0.4 is 5.56 Å². The van der Waals surface area contributed by atoms with Crippen molar-refractivity contribution >= 4 is 40.0 Å². The molecular weight excluding hydrogens is 469 g/mol. The van der Waals surface area contributed by atoms with E-state index in [-0.39, 0.29) is 11.5 Å². The van der Waals surface area contributed by atoms with Gasteiger partial charge in [0.05, 0.1) is 34.1 Å². The lowest BCUT2D eigenvalue weighted by Crippen LogP contribution is -2.38. The molecule has 0 fully saturated rings. The van der Waals surface area contributed by atoms with E-state index in [0.717, 1.165) is 12.0 Å². The van der Waals surface area contributed by atoms with Gasteiger partial charge in [0.25, 0.3) is 11.5 Å². The van der Waals surface area contributed by atoms with Crippen molar-refractivity contribution in [2.45, 2.75) is 32.9 Å². The van der Waals surface area contributed by atoms with Crippen LogP contribution in [0.3, 0.4) is 0 Å². The summed E-state index contributed by atoms with van der Waals surface area (Å²) < 4.78 is 1.67. The fourth-order valence-electron chi connectivity index (χ4n) is 4.09. The highest BCUT2D eigenvalue weighted by molar-refractivity contribution is 6.36. The number of para-hydroxylation sites is 1. The number of hydrogen-bond acceptors (Lipinski definition) is 3. The second-order valence-corrected chi connectivity index (χ2v) is 9.01. The number of nitrogens with zero attached hydrogens (tertiary/aromatic N) is 3. The molecule has 5 nitrogen and oxygen atoms in total. The van der Waals surface area contributed by atoms with Gasteiger partial charge in [-0.15, -0.1) is 0 Å². The Balaban J connectivity index is 1.84. The molecule has 0 N–H and O–H groups in total.